The predicted molar refractivity (Wildman–Crippen MR) is 102 cm³/mol. The van der Waals surface area contributed by atoms with Gasteiger partial charge in [0, 0.05) is 16.1 Å². The van der Waals surface area contributed by atoms with E-state index in [1.807, 2.05) is 25.1 Å². The number of hydrogen-bond acceptors (Lipinski definition) is 3. The molecule has 0 saturated carbocycles. The molecule has 23 heavy (non-hydrogen) atoms. The van der Waals surface area contributed by atoms with Crippen LogP contribution in [0.2, 0.25) is 20.1 Å². The lowest BCUT2D eigenvalue weighted by Crippen LogP contribution is -1.89. The number of benzene rings is 2. The summed E-state index contributed by atoms with van der Waals surface area (Å²) < 4.78 is 0. The first-order valence-electron chi connectivity index (χ1n) is 6.59. The van der Waals surface area contributed by atoms with Gasteiger partial charge in [-0.2, -0.15) is 0 Å². The molecule has 2 nitrogen and oxygen atoms in total. The van der Waals surface area contributed by atoms with Crippen molar-refractivity contribution in [1.29, 1.82) is 0 Å². The van der Waals surface area contributed by atoms with Gasteiger partial charge in [-0.15, -0.1) is 11.3 Å². The minimum absolute atomic E-state index is 0.495. The predicted octanol–water partition coefficient (Wildman–Crippen LogP) is 7.48. The van der Waals surface area contributed by atoms with Crippen molar-refractivity contribution in [3.63, 3.8) is 0 Å². The number of anilines is 2. The molecule has 0 radical (unpaired) electrons. The number of halogens is 4. The Morgan fingerprint density at radius 2 is 1.52 bits per heavy atom. The van der Waals surface area contributed by atoms with Crippen LogP contribution in [0.15, 0.2) is 36.4 Å². The summed E-state index contributed by atoms with van der Waals surface area (Å²) in [6, 6.07) is 10.8. The van der Waals surface area contributed by atoms with Gasteiger partial charge in [-0.05, 0) is 37.3 Å². The summed E-state index contributed by atoms with van der Waals surface area (Å²) in [5.74, 6) is 0. The van der Waals surface area contributed by atoms with Gasteiger partial charge >= 0.3 is 0 Å². The van der Waals surface area contributed by atoms with Crippen molar-refractivity contribution in [2.75, 3.05) is 5.32 Å². The van der Waals surface area contributed by atoms with E-state index in [0.717, 1.165) is 27.0 Å². The van der Waals surface area contributed by atoms with Crippen molar-refractivity contribution in [2.45, 2.75) is 6.92 Å². The summed E-state index contributed by atoms with van der Waals surface area (Å²) in [4.78, 5) is 5.70. The highest BCUT2D eigenvalue weighted by Gasteiger charge is 2.12. The minimum Gasteiger partial charge on any atom is -0.331 e. The van der Waals surface area contributed by atoms with Gasteiger partial charge in [-0.3, -0.25) is 0 Å². The third-order valence-electron chi connectivity index (χ3n) is 3.16. The minimum atomic E-state index is 0.495. The summed E-state index contributed by atoms with van der Waals surface area (Å²) in [5, 5.41) is 6.05. The van der Waals surface area contributed by atoms with Crippen molar-refractivity contribution in [2.24, 2.45) is 0 Å². The van der Waals surface area contributed by atoms with E-state index >= 15 is 0 Å². The molecule has 0 unspecified atom stereocenters. The quantitative estimate of drug-likeness (QED) is 0.490. The fourth-order valence-electron chi connectivity index (χ4n) is 2.06. The highest BCUT2D eigenvalue weighted by atomic mass is 35.5. The van der Waals surface area contributed by atoms with E-state index in [4.69, 9.17) is 46.4 Å². The zero-order valence-electron chi connectivity index (χ0n) is 11.8. The van der Waals surface area contributed by atoms with E-state index in [0.29, 0.717) is 20.1 Å². The summed E-state index contributed by atoms with van der Waals surface area (Å²) in [5.41, 5.74) is 2.63. The summed E-state index contributed by atoms with van der Waals surface area (Å²) in [6.45, 7) is 2.01. The van der Waals surface area contributed by atoms with Crippen molar-refractivity contribution < 1.29 is 0 Å². The fraction of sp³-hybridized carbons (Fsp3) is 0.0625. The van der Waals surface area contributed by atoms with Crippen molar-refractivity contribution in [3.8, 4) is 11.3 Å². The molecule has 0 aliphatic rings. The average molecular weight is 404 g/mol. The maximum absolute atomic E-state index is 6.09. The number of aryl methyl sites for hydroxylation is 1. The molecule has 0 saturated heterocycles. The molecule has 1 aromatic heterocycles. The van der Waals surface area contributed by atoms with Crippen molar-refractivity contribution >= 4 is 68.6 Å². The Balaban J connectivity index is 1.91. The van der Waals surface area contributed by atoms with Crippen molar-refractivity contribution in [3.05, 3.63) is 61.4 Å². The summed E-state index contributed by atoms with van der Waals surface area (Å²) in [7, 11) is 0. The molecule has 0 bridgehead atoms. The molecule has 3 rings (SSSR count). The Morgan fingerprint density at radius 1 is 0.870 bits per heavy atom. The number of aromatic nitrogens is 1. The van der Waals surface area contributed by atoms with Crippen LogP contribution in [-0.4, -0.2) is 4.98 Å². The maximum atomic E-state index is 6.09. The van der Waals surface area contributed by atoms with Crippen LogP contribution in [0, 0.1) is 6.92 Å². The molecule has 0 spiro atoms. The fourth-order valence-corrected chi connectivity index (χ4v) is 3.51. The number of nitrogens with zero attached hydrogens (tertiary/aromatic N) is 1. The Labute approximate surface area is 158 Å². The molecule has 3 aromatic rings. The second kappa shape index (κ2) is 6.88. The molecule has 0 fully saturated rings. The normalized spacial score (nSPS) is 10.8. The number of nitrogens with one attached hydrogen (secondary N) is 1. The van der Waals surface area contributed by atoms with Crippen LogP contribution in [0.3, 0.4) is 0 Å². The van der Waals surface area contributed by atoms with Crippen LogP contribution in [0.25, 0.3) is 11.3 Å². The molecular formula is C16H10Cl4N2S. The molecule has 0 aliphatic heterocycles. The second-order valence-electron chi connectivity index (χ2n) is 4.81. The molecule has 2 aromatic carbocycles. The number of rotatable bonds is 3. The second-order valence-corrected chi connectivity index (χ2v) is 7.64. The number of hydrogen-bond donors (Lipinski definition) is 1. The van der Waals surface area contributed by atoms with Gasteiger partial charge in [0.1, 0.15) is 0 Å². The van der Waals surface area contributed by atoms with Gasteiger partial charge in [-0.1, -0.05) is 52.5 Å². The van der Waals surface area contributed by atoms with E-state index in [-0.39, 0.29) is 0 Å². The first kappa shape index (κ1) is 16.9. The highest BCUT2D eigenvalue weighted by Crippen LogP contribution is 2.35. The lowest BCUT2D eigenvalue weighted by Gasteiger charge is -2.04. The zero-order valence-corrected chi connectivity index (χ0v) is 15.7. The Kier molecular flexibility index (Phi) is 5.04. The largest absolute Gasteiger partial charge is 0.331 e. The monoisotopic (exact) mass is 402 g/mol. The molecule has 118 valence electrons. The third-order valence-corrected chi connectivity index (χ3v) is 5.52. The lowest BCUT2D eigenvalue weighted by molar-refractivity contribution is 1.36. The SMILES string of the molecule is Cc1sc(Nc2ccc(Cl)c(Cl)c2)nc1-c1ccc(Cl)c(Cl)c1. The molecule has 0 aliphatic carbocycles. The van der Waals surface area contributed by atoms with E-state index in [1.165, 1.54) is 0 Å². The van der Waals surface area contributed by atoms with E-state index in [2.05, 4.69) is 10.3 Å². The zero-order chi connectivity index (χ0) is 16.6. The molecule has 7 heteroatoms. The van der Waals surface area contributed by atoms with E-state index in [1.54, 1.807) is 29.5 Å². The van der Waals surface area contributed by atoms with Crippen LogP contribution < -0.4 is 5.32 Å². The first-order chi connectivity index (χ1) is 10.9. The maximum Gasteiger partial charge on any atom is 0.187 e. The Morgan fingerprint density at radius 3 is 2.17 bits per heavy atom. The van der Waals surface area contributed by atoms with Gasteiger partial charge < -0.3 is 5.32 Å². The van der Waals surface area contributed by atoms with Gasteiger partial charge in [0.2, 0.25) is 0 Å². The van der Waals surface area contributed by atoms with Gasteiger partial charge in [-0.25, -0.2) is 4.98 Å². The van der Waals surface area contributed by atoms with Crippen LogP contribution >= 0.6 is 57.7 Å². The Bertz CT molecular complexity index is 877. The molecule has 0 amide bonds. The molecule has 0 atom stereocenters. The van der Waals surface area contributed by atoms with Crippen LogP contribution in [0.1, 0.15) is 4.88 Å². The summed E-state index contributed by atoms with van der Waals surface area (Å²) >= 11 is 25.6. The smallest absolute Gasteiger partial charge is 0.187 e. The molecule has 1 heterocycles. The van der Waals surface area contributed by atoms with Crippen molar-refractivity contribution in [1.82, 2.24) is 4.98 Å². The standard InChI is InChI=1S/C16H10Cl4N2S/c1-8-15(9-2-4-11(17)13(19)6-9)22-16(23-8)21-10-3-5-12(18)14(20)7-10/h2-7H,1H3,(H,21,22). The number of thiazole rings is 1. The average Bonchev–Trinajstić information content (AvgIpc) is 2.86. The first-order valence-corrected chi connectivity index (χ1v) is 8.92. The molecular weight excluding hydrogens is 394 g/mol. The highest BCUT2D eigenvalue weighted by molar-refractivity contribution is 7.16. The molecule has 1 N–H and O–H groups in total. The topological polar surface area (TPSA) is 24.9 Å². The van der Waals surface area contributed by atoms with E-state index < -0.39 is 0 Å². The van der Waals surface area contributed by atoms with E-state index in [9.17, 15) is 0 Å². The van der Waals surface area contributed by atoms with Crippen LogP contribution in [-0.2, 0) is 0 Å². The van der Waals surface area contributed by atoms with Crippen LogP contribution in [0.5, 0.6) is 0 Å². The lowest BCUT2D eigenvalue weighted by atomic mass is 10.1. The Hall–Kier alpha value is -0.970. The van der Waals surface area contributed by atoms with Crippen LogP contribution in [0.4, 0.5) is 10.8 Å². The van der Waals surface area contributed by atoms with Gasteiger partial charge in [0.25, 0.3) is 0 Å². The summed E-state index contributed by atoms with van der Waals surface area (Å²) in [6.07, 6.45) is 0. The van der Waals surface area contributed by atoms with Gasteiger partial charge in [0.05, 0.1) is 25.8 Å². The third kappa shape index (κ3) is 3.76. The van der Waals surface area contributed by atoms with Gasteiger partial charge in [0.15, 0.2) is 5.13 Å².